The number of amides is 1. The number of piperazine rings is 1. The Morgan fingerprint density at radius 2 is 1.50 bits per heavy atom. The van der Waals surface area contributed by atoms with E-state index in [1.165, 1.54) is 5.56 Å². The minimum Gasteiger partial charge on any atom is -0.336 e. The van der Waals surface area contributed by atoms with E-state index >= 15 is 0 Å². The number of anilines is 1. The minimum absolute atomic E-state index is 0.0791. The Kier molecular flexibility index (Phi) is 6.58. The largest absolute Gasteiger partial charge is 0.336 e. The van der Waals surface area contributed by atoms with Crippen molar-refractivity contribution in [3.63, 3.8) is 0 Å². The van der Waals surface area contributed by atoms with Gasteiger partial charge in [-0.05, 0) is 42.3 Å². The van der Waals surface area contributed by atoms with Crippen molar-refractivity contribution in [2.45, 2.75) is 18.4 Å². The van der Waals surface area contributed by atoms with Crippen LogP contribution in [0.5, 0.6) is 0 Å². The highest BCUT2D eigenvalue weighted by Crippen LogP contribution is 2.22. The fourth-order valence-corrected chi connectivity index (χ4v) is 4.94. The first-order chi connectivity index (χ1) is 15.4. The minimum atomic E-state index is -3.72. The molecule has 7 heteroatoms. The molecule has 1 amide bonds. The maximum absolute atomic E-state index is 13.1. The van der Waals surface area contributed by atoms with Gasteiger partial charge in [-0.25, -0.2) is 8.42 Å². The van der Waals surface area contributed by atoms with E-state index < -0.39 is 10.0 Å². The van der Waals surface area contributed by atoms with Crippen molar-refractivity contribution in [1.29, 1.82) is 0 Å². The summed E-state index contributed by atoms with van der Waals surface area (Å²) in [6.07, 6.45) is 0. The van der Waals surface area contributed by atoms with Crippen LogP contribution < -0.4 is 4.72 Å². The first-order valence-electron chi connectivity index (χ1n) is 10.7. The van der Waals surface area contributed by atoms with E-state index in [0.717, 1.165) is 25.2 Å². The summed E-state index contributed by atoms with van der Waals surface area (Å²) in [6, 6.07) is 23.7. The van der Waals surface area contributed by atoms with Crippen LogP contribution in [0.25, 0.3) is 0 Å². The van der Waals surface area contributed by atoms with Crippen molar-refractivity contribution in [3.05, 3.63) is 95.6 Å². The zero-order valence-electron chi connectivity index (χ0n) is 18.1. The lowest BCUT2D eigenvalue weighted by molar-refractivity contribution is 0.0628. The number of carbonyl (C=O) groups is 1. The summed E-state index contributed by atoms with van der Waals surface area (Å²) in [5, 5.41) is 0. The van der Waals surface area contributed by atoms with Gasteiger partial charge in [0.2, 0.25) is 0 Å². The van der Waals surface area contributed by atoms with Crippen molar-refractivity contribution in [2.24, 2.45) is 0 Å². The van der Waals surface area contributed by atoms with E-state index in [-0.39, 0.29) is 10.8 Å². The summed E-state index contributed by atoms with van der Waals surface area (Å²) in [5.74, 6) is -0.0791. The first kappa shape index (κ1) is 22.0. The Hall–Kier alpha value is -3.16. The third-order valence-corrected chi connectivity index (χ3v) is 7.07. The number of nitrogens with one attached hydrogen (secondary N) is 1. The van der Waals surface area contributed by atoms with Crippen LogP contribution in [0.4, 0.5) is 5.69 Å². The topological polar surface area (TPSA) is 69.7 Å². The smallest absolute Gasteiger partial charge is 0.261 e. The van der Waals surface area contributed by atoms with Crippen LogP contribution in [0.2, 0.25) is 0 Å². The molecule has 1 N–H and O–H groups in total. The average Bonchev–Trinajstić information content (AvgIpc) is 2.82. The highest BCUT2D eigenvalue weighted by Gasteiger charge is 2.23. The Balaban J connectivity index is 1.42. The van der Waals surface area contributed by atoms with Crippen molar-refractivity contribution in [2.75, 3.05) is 30.9 Å². The van der Waals surface area contributed by atoms with Crippen molar-refractivity contribution < 1.29 is 13.2 Å². The Morgan fingerprint density at radius 3 is 2.16 bits per heavy atom. The van der Waals surface area contributed by atoms with Gasteiger partial charge in [0.1, 0.15) is 0 Å². The second-order valence-electron chi connectivity index (χ2n) is 8.00. The van der Waals surface area contributed by atoms with Gasteiger partial charge in [-0.3, -0.25) is 14.4 Å². The van der Waals surface area contributed by atoms with Crippen molar-refractivity contribution in [3.8, 4) is 0 Å². The first-order valence-corrected chi connectivity index (χ1v) is 12.1. The van der Waals surface area contributed by atoms with E-state index in [0.29, 0.717) is 24.3 Å². The number of sulfonamides is 1. The highest BCUT2D eigenvalue weighted by molar-refractivity contribution is 7.92. The van der Waals surface area contributed by atoms with Gasteiger partial charge in [0.05, 0.1) is 10.6 Å². The summed E-state index contributed by atoms with van der Waals surface area (Å²) in [6.45, 7) is 5.59. The van der Waals surface area contributed by atoms with Crippen LogP contribution in [0.3, 0.4) is 0 Å². The third-order valence-electron chi connectivity index (χ3n) is 5.69. The molecule has 1 aliphatic rings. The average molecular weight is 450 g/mol. The number of rotatable bonds is 6. The molecule has 0 saturated carbocycles. The SMILES string of the molecule is Cc1ccc(C(=O)N2CCN(Cc3ccccc3)CC2)cc1NS(=O)(=O)c1ccccc1. The molecule has 166 valence electrons. The van der Waals surface area contributed by atoms with Crippen molar-refractivity contribution >= 4 is 21.6 Å². The molecule has 32 heavy (non-hydrogen) atoms. The highest BCUT2D eigenvalue weighted by atomic mass is 32.2. The number of aryl methyl sites for hydroxylation is 1. The van der Waals surface area contributed by atoms with Crippen LogP contribution in [-0.2, 0) is 16.6 Å². The molecule has 3 aromatic rings. The second-order valence-corrected chi connectivity index (χ2v) is 9.68. The Morgan fingerprint density at radius 1 is 0.875 bits per heavy atom. The maximum Gasteiger partial charge on any atom is 0.261 e. The van der Waals surface area contributed by atoms with Crippen LogP contribution in [-0.4, -0.2) is 50.3 Å². The molecule has 0 radical (unpaired) electrons. The molecule has 1 aliphatic heterocycles. The molecule has 1 heterocycles. The van der Waals surface area contributed by atoms with E-state index in [2.05, 4.69) is 21.8 Å². The fraction of sp³-hybridized carbons (Fsp3) is 0.240. The van der Waals surface area contributed by atoms with Gasteiger partial charge in [-0.15, -0.1) is 0 Å². The Labute approximate surface area is 189 Å². The monoisotopic (exact) mass is 449 g/mol. The molecule has 0 atom stereocenters. The van der Waals surface area contributed by atoms with Crippen LogP contribution in [0, 0.1) is 6.92 Å². The van der Waals surface area contributed by atoms with Gasteiger partial charge in [0, 0.05) is 38.3 Å². The summed E-state index contributed by atoms with van der Waals surface area (Å²) >= 11 is 0. The van der Waals surface area contributed by atoms with Gasteiger partial charge in [-0.1, -0.05) is 54.6 Å². The fourth-order valence-electron chi connectivity index (χ4n) is 3.80. The molecule has 0 unspecified atom stereocenters. The van der Waals surface area contributed by atoms with E-state index in [4.69, 9.17) is 0 Å². The lowest BCUT2D eigenvalue weighted by atomic mass is 10.1. The zero-order valence-corrected chi connectivity index (χ0v) is 18.9. The molecule has 6 nitrogen and oxygen atoms in total. The molecule has 1 saturated heterocycles. The number of benzene rings is 3. The third kappa shape index (κ3) is 5.18. The molecule has 1 fully saturated rings. The lowest BCUT2D eigenvalue weighted by Crippen LogP contribution is -2.48. The summed E-state index contributed by atoms with van der Waals surface area (Å²) in [5.41, 5.74) is 2.93. The standard InChI is InChI=1S/C25H27N3O3S/c1-20-12-13-22(18-24(20)26-32(30,31)23-10-6-3-7-11-23)25(29)28-16-14-27(15-17-28)19-21-8-4-2-5-9-21/h2-13,18,26H,14-17,19H2,1H3. The number of carbonyl (C=O) groups excluding carboxylic acids is 1. The van der Waals surface area contributed by atoms with E-state index in [9.17, 15) is 13.2 Å². The molecular formula is C25H27N3O3S. The van der Waals surface area contributed by atoms with Crippen LogP contribution >= 0.6 is 0 Å². The molecule has 0 spiro atoms. The van der Waals surface area contributed by atoms with Gasteiger partial charge < -0.3 is 4.90 Å². The molecule has 0 aromatic heterocycles. The maximum atomic E-state index is 13.1. The normalized spacial score (nSPS) is 14.8. The Bertz CT molecular complexity index is 1170. The molecule has 3 aromatic carbocycles. The molecule has 4 rings (SSSR count). The van der Waals surface area contributed by atoms with Gasteiger partial charge in [-0.2, -0.15) is 0 Å². The zero-order chi connectivity index (χ0) is 22.6. The summed E-state index contributed by atoms with van der Waals surface area (Å²) < 4.78 is 28.1. The van der Waals surface area contributed by atoms with E-state index in [1.807, 2.05) is 30.0 Å². The number of hydrogen-bond acceptors (Lipinski definition) is 4. The van der Waals surface area contributed by atoms with Gasteiger partial charge in [0.25, 0.3) is 15.9 Å². The quantitative estimate of drug-likeness (QED) is 0.622. The lowest BCUT2D eigenvalue weighted by Gasteiger charge is -2.35. The second kappa shape index (κ2) is 9.54. The summed E-state index contributed by atoms with van der Waals surface area (Å²) in [4.78, 5) is 17.5. The molecule has 0 bridgehead atoms. The van der Waals surface area contributed by atoms with Gasteiger partial charge in [0.15, 0.2) is 0 Å². The number of nitrogens with zero attached hydrogens (tertiary/aromatic N) is 2. The molecule has 0 aliphatic carbocycles. The van der Waals surface area contributed by atoms with Gasteiger partial charge >= 0.3 is 0 Å². The number of hydrogen-bond donors (Lipinski definition) is 1. The van der Waals surface area contributed by atoms with E-state index in [1.54, 1.807) is 48.5 Å². The molecular weight excluding hydrogens is 422 g/mol. The predicted octanol–water partition coefficient (Wildman–Crippen LogP) is 3.75. The summed E-state index contributed by atoms with van der Waals surface area (Å²) in [7, 11) is -3.72. The van der Waals surface area contributed by atoms with Crippen LogP contribution in [0.1, 0.15) is 21.5 Å². The van der Waals surface area contributed by atoms with Crippen LogP contribution in [0.15, 0.2) is 83.8 Å². The van der Waals surface area contributed by atoms with Crippen molar-refractivity contribution in [1.82, 2.24) is 9.80 Å². The predicted molar refractivity (Wildman–Crippen MR) is 126 cm³/mol.